The van der Waals surface area contributed by atoms with Gasteiger partial charge >= 0.3 is 0 Å². The zero-order valence-corrected chi connectivity index (χ0v) is 16.5. The van der Waals surface area contributed by atoms with E-state index in [9.17, 15) is 9.59 Å². The summed E-state index contributed by atoms with van der Waals surface area (Å²) in [5.74, 6) is -0.360. The second kappa shape index (κ2) is 9.32. The van der Waals surface area contributed by atoms with Gasteiger partial charge in [-0.25, -0.2) is 0 Å². The number of hydrogen-bond donors (Lipinski definition) is 1. The Morgan fingerprint density at radius 3 is 2.29 bits per heavy atom. The summed E-state index contributed by atoms with van der Waals surface area (Å²) in [5.41, 5.74) is 2.83. The number of anilines is 2. The fourth-order valence-electron chi connectivity index (χ4n) is 3.19. The van der Waals surface area contributed by atoms with Gasteiger partial charge < -0.3 is 20.0 Å². The van der Waals surface area contributed by atoms with Gasteiger partial charge in [0.1, 0.15) is 6.54 Å². The van der Waals surface area contributed by atoms with Crippen LogP contribution in [0.5, 0.6) is 0 Å². The van der Waals surface area contributed by atoms with Gasteiger partial charge in [-0.3, -0.25) is 14.6 Å². The highest BCUT2D eigenvalue weighted by Crippen LogP contribution is 2.22. The van der Waals surface area contributed by atoms with Gasteiger partial charge in [0.05, 0.1) is 0 Å². The second-order valence-corrected chi connectivity index (χ2v) is 7.04. The molecule has 1 aliphatic heterocycles. The van der Waals surface area contributed by atoms with E-state index < -0.39 is 0 Å². The number of carbonyl (C=O) groups is 2. The molecule has 2 aromatic rings. The van der Waals surface area contributed by atoms with Gasteiger partial charge in [-0.05, 0) is 49.0 Å². The normalized spacial score (nSPS) is 14.6. The second-order valence-electron chi connectivity index (χ2n) is 7.04. The number of nitrogens with zero attached hydrogens (tertiary/aromatic N) is 4. The average molecular weight is 381 g/mol. The molecule has 1 aliphatic rings. The van der Waals surface area contributed by atoms with Crippen LogP contribution in [-0.2, 0) is 16.1 Å². The maximum Gasteiger partial charge on any atom is 0.240 e. The third-order valence-electron chi connectivity index (χ3n) is 4.95. The van der Waals surface area contributed by atoms with Crippen LogP contribution in [0.3, 0.4) is 0 Å². The highest BCUT2D eigenvalue weighted by molar-refractivity contribution is 5.97. The van der Waals surface area contributed by atoms with Crippen molar-refractivity contribution in [2.24, 2.45) is 0 Å². The Bertz CT molecular complexity index is 786. The third-order valence-corrected chi connectivity index (χ3v) is 4.95. The van der Waals surface area contributed by atoms with Crippen molar-refractivity contribution in [2.45, 2.75) is 13.5 Å². The SMILES string of the molecule is CC(=O)N(CC(=O)NCc1ccncc1)c1ccc(N2CCN(C)CC2)cc1. The quantitative estimate of drug-likeness (QED) is 0.821. The Morgan fingerprint density at radius 2 is 1.68 bits per heavy atom. The average Bonchev–Trinajstić information content (AvgIpc) is 2.72. The lowest BCUT2D eigenvalue weighted by Crippen LogP contribution is -2.44. The molecule has 1 aromatic heterocycles. The Morgan fingerprint density at radius 1 is 1.04 bits per heavy atom. The fraction of sp³-hybridized carbons (Fsp3) is 0.381. The molecule has 2 amide bonds. The van der Waals surface area contributed by atoms with Crippen LogP contribution >= 0.6 is 0 Å². The number of aromatic nitrogens is 1. The van der Waals surface area contributed by atoms with E-state index in [0.717, 1.165) is 43.1 Å². The molecule has 0 spiro atoms. The third kappa shape index (κ3) is 5.29. The van der Waals surface area contributed by atoms with Crippen molar-refractivity contribution >= 4 is 23.2 Å². The first-order valence-electron chi connectivity index (χ1n) is 9.50. The number of rotatable bonds is 6. The van der Waals surface area contributed by atoms with Gasteiger partial charge in [-0.15, -0.1) is 0 Å². The van der Waals surface area contributed by atoms with E-state index in [4.69, 9.17) is 0 Å². The first-order chi connectivity index (χ1) is 13.5. The summed E-state index contributed by atoms with van der Waals surface area (Å²) in [6, 6.07) is 11.5. The Balaban J connectivity index is 1.60. The van der Waals surface area contributed by atoms with E-state index in [1.165, 1.54) is 11.8 Å². The lowest BCUT2D eigenvalue weighted by atomic mass is 10.2. The van der Waals surface area contributed by atoms with Gasteiger partial charge in [0.25, 0.3) is 0 Å². The molecule has 1 saturated heterocycles. The minimum Gasteiger partial charge on any atom is -0.369 e. The van der Waals surface area contributed by atoms with E-state index >= 15 is 0 Å². The number of pyridine rings is 1. The smallest absolute Gasteiger partial charge is 0.240 e. The minimum atomic E-state index is -0.199. The molecule has 1 aromatic carbocycles. The van der Waals surface area contributed by atoms with Gasteiger partial charge in [-0.2, -0.15) is 0 Å². The summed E-state index contributed by atoms with van der Waals surface area (Å²) in [6.45, 7) is 5.94. The number of benzene rings is 1. The van der Waals surface area contributed by atoms with Gasteiger partial charge in [-0.1, -0.05) is 0 Å². The van der Waals surface area contributed by atoms with Crippen LogP contribution in [0, 0.1) is 0 Å². The molecule has 0 unspecified atom stereocenters. The molecule has 148 valence electrons. The molecule has 0 aliphatic carbocycles. The molecule has 1 fully saturated rings. The maximum absolute atomic E-state index is 12.3. The van der Waals surface area contributed by atoms with Crippen LogP contribution in [0.2, 0.25) is 0 Å². The Labute approximate surface area is 166 Å². The van der Waals surface area contributed by atoms with Crippen molar-refractivity contribution in [1.29, 1.82) is 0 Å². The van der Waals surface area contributed by atoms with E-state index in [-0.39, 0.29) is 18.4 Å². The highest BCUT2D eigenvalue weighted by Gasteiger charge is 2.18. The maximum atomic E-state index is 12.3. The van der Waals surface area contributed by atoms with Gasteiger partial charge in [0, 0.05) is 63.4 Å². The predicted molar refractivity (Wildman–Crippen MR) is 110 cm³/mol. The van der Waals surface area contributed by atoms with Gasteiger partial charge in [0.15, 0.2) is 0 Å². The molecule has 0 radical (unpaired) electrons. The van der Waals surface area contributed by atoms with Crippen molar-refractivity contribution in [1.82, 2.24) is 15.2 Å². The topological polar surface area (TPSA) is 68.8 Å². The van der Waals surface area contributed by atoms with Crippen molar-refractivity contribution in [2.75, 3.05) is 49.6 Å². The van der Waals surface area contributed by atoms with E-state index in [1.54, 1.807) is 12.4 Å². The molecule has 0 atom stereocenters. The van der Waals surface area contributed by atoms with Gasteiger partial charge in [0.2, 0.25) is 11.8 Å². The summed E-state index contributed by atoms with van der Waals surface area (Å²) in [5, 5.41) is 2.85. The van der Waals surface area contributed by atoms with E-state index in [0.29, 0.717) is 6.54 Å². The van der Waals surface area contributed by atoms with Crippen LogP contribution in [0.25, 0.3) is 0 Å². The largest absolute Gasteiger partial charge is 0.369 e. The molecule has 0 bridgehead atoms. The van der Waals surface area contributed by atoms with E-state index in [1.807, 2.05) is 36.4 Å². The highest BCUT2D eigenvalue weighted by atomic mass is 16.2. The van der Waals surface area contributed by atoms with Crippen LogP contribution in [0.4, 0.5) is 11.4 Å². The van der Waals surface area contributed by atoms with Crippen molar-refractivity contribution < 1.29 is 9.59 Å². The zero-order valence-electron chi connectivity index (χ0n) is 16.5. The fourth-order valence-corrected chi connectivity index (χ4v) is 3.19. The summed E-state index contributed by atoms with van der Waals surface area (Å²) in [6.07, 6.45) is 3.37. The number of likely N-dealkylation sites (N-methyl/N-ethyl adjacent to an activating group) is 1. The van der Waals surface area contributed by atoms with Crippen LogP contribution < -0.4 is 15.1 Å². The monoisotopic (exact) mass is 381 g/mol. The van der Waals surface area contributed by atoms with Crippen molar-refractivity contribution in [3.8, 4) is 0 Å². The molecular formula is C21H27N5O2. The number of nitrogens with one attached hydrogen (secondary N) is 1. The summed E-state index contributed by atoms with van der Waals surface area (Å²) < 4.78 is 0. The number of amides is 2. The van der Waals surface area contributed by atoms with Crippen molar-refractivity contribution in [3.05, 3.63) is 54.4 Å². The van der Waals surface area contributed by atoms with Crippen LogP contribution in [0.15, 0.2) is 48.8 Å². The molecule has 7 nitrogen and oxygen atoms in total. The van der Waals surface area contributed by atoms with Crippen LogP contribution in [-0.4, -0.2) is 61.5 Å². The molecule has 3 rings (SSSR count). The zero-order chi connectivity index (χ0) is 19.9. The Hall–Kier alpha value is -2.93. The predicted octanol–water partition coefficient (Wildman–Crippen LogP) is 1.50. The standard InChI is InChI=1S/C21H27N5O2/c1-17(27)26(16-21(28)23-15-18-7-9-22-10-8-18)20-5-3-19(4-6-20)25-13-11-24(2)12-14-25/h3-10H,11-16H2,1-2H3,(H,23,28). The lowest BCUT2D eigenvalue weighted by molar-refractivity contribution is -0.123. The van der Waals surface area contributed by atoms with E-state index in [2.05, 4.69) is 27.1 Å². The number of piperazine rings is 1. The lowest BCUT2D eigenvalue weighted by Gasteiger charge is -2.34. The number of carbonyl (C=O) groups excluding carboxylic acids is 2. The first kappa shape index (κ1) is 19.8. The van der Waals surface area contributed by atoms with Crippen LogP contribution in [0.1, 0.15) is 12.5 Å². The molecule has 2 heterocycles. The molecule has 28 heavy (non-hydrogen) atoms. The van der Waals surface area contributed by atoms with Crippen molar-refractivity contribution in [3.63, 3.8) is 0 Å². The molecule has 1 N–H and O–H groups in total. The number of hydrogen-bond acceptors (Lipinski definition) is 5. The summed E-state index contributed by atoms with van der Waals surface area (Å²) in [4.78, 5) is 34.5. The first-order valence-corrected chi connectivity index (χ1v) is 9.50. The molecular weight excluding hydrogens is 354 g/mol. The summed E-state index contributed by atoms with van der Waals surface area (Å²) in [7, 11) is 2.13. The minimum absolute atomic E-state index is 0.00568. The summed E-state index contributed by atoms with van der Waals surface area (Å²) >= 11 is 0. The Kier molecular flexibility index (Phi) is 6.60. The molecule has 0 saturated carbocycles. The molecule has 7 heteroatoms.